The molecule has 2 atom stereocenters. The molecule has 5 fully saturated rings. The summed E-state index contributed by atoms with van der Waals surface area (Å²) in [6.07, 6.45) is 5.55. The third-order valence-corrected chi connectivity index (χ3v) is 13.2. The zero-order chi connectivity index (χ0) is 41.9. The third kappa shape index (κ3) is 9.08. The van der Waals surface area contributed by atoms with Crippen molar-refractivity contribution in [2.75, 3.05) is 93.0 Å². The fourth-order valence-corrected chi connectivity index (χ4v) is 9.79. The van der Waals surface area contributed by atoms with Crippen LogP contribution in [0.5, 0.6) is 11.5 Å². The minimum atomic E-state index is -0.183. The standard InChI is InChI=1S/C46H56N10O5/c47-46-41(28-40(48-49-46)39-7-1-2-8-42(39)57)54-29-36-15-16-37(30-54)55(36)35-5-3-6-38(27-35)61-26-25-51-21-23-53(24-22-51)45(60)31-52-19-17-33(18-20-52)32-11-13-34(14-12-32)50-56-43(58)9-4-10-44(56)59/h1-3,5-8,11-14,27-28,33,36-37,50,57H,4,9-10,15-26,29-31H2,(H2,47,49). The molecular weight excluding hydrogens is 773 g/mol. The highest BCUT2D eigenvalue weighted by Crippen LogP contribution is 2.40. The molecule has 9 rings (SSSR count). The number of nitrogens with two attached hydrogens (primary N) is 1. The van der Waals surface area contributed by atoms with Crippen LogP contribution in [-0.4, -0.2) is 137 Å². The van der Waals surface area contributed by atoms with E-state index in [2.05, 4.69) is 65.6 Å². The molecule has 0 saturated carbocycles. The number of fused-ring (bicyclic) bond motifs is 2. The molecule has 4 N–H and O–H groups in total. The highest BCUT2D eigenvalue weighted by atomic mass is 16.5. The molecule has 3 amide bonds. The topological polar surface area (TPSA) is 164 Å². The number of amides is 3. The number of hydrogen-bond donors (Lipinski definition) is 3. The zero-order valence-corrected chi connectivity index (χ0v) is 34.7. The Hall–Kier alpha value is -5.93. The van der Waals surface area contributed by atoms with Crippen molar-refractivity contribution >= 4 is 40.6 Å². The van der Waals surface area contributed by atoms with Gasteiger partial charge in [0.2, 0.25) is 17.7 Å². The molecule has 0 spiro atoms. The summed E-state index contributed by atoms with van der Waals surface area (Å²) < 4.78 is 6.31. The van der Waals surface area contributed by atoms with E-state index < -0.39 is 0 Å². The van der Waals surface area contributed by atoms with Gasteiger partial charge in [0.25, 0.3) is 0 Å². The fourth-order valence-electron chi connectivity index (χ4n) is 9.79. The predicted molar refractivity (Wildman–Crippen MR) is 234 cm³/mol. The number of phenols is 1. The first-order chi connectivity index (χ1) is 29.8. The van der Waals surface area contributed by atoms with Crippen molar-refractivity contribution in [3.63, 3.8) is 0 Å². The first-order valence-electron chi connectivity index (χ1n) is 21.9. The molecule has 2 unspecified atom stereocenters. The zero-order valence-electron chi connectivity index (χ0n) is 34.7. The highest BCUT2D eigenvalue weighted by Gasteiger charge is 2.41. The second-order valence-corrected chi connectivity index (χ2v) is 17.0. The number of phenolic OH excluding ortho intramolecular Hbond substituents is 1. The van der Waals surface area contributed by atoms with Crippen LogP contribution in [0.1, 0.15) is 56.4 Å². The SMILES string of the molecule is Nc1nnc(-c2ccccc2O)cc1N1CC2CCC(C1)N2c1cccc(OCCN2CCN(C(=O)CN3CCC(c4ccc(NN5C(=O)CCCC5=O)cc4)CC3)CC2)c1. The number of benzene rings is 3. The predicted octanol–water partition coefficient (Wildman–Crippen LogP) is 4.56. The lowest BCUT2D eigenvalue weighted by atomic mass is 9.89. The number of hydrogen-bond acceptors (Lipinski definition) is 13. The van der Waals surface area contributed by atoms with Crippen molar-refractivity contribution in [2.45, 2.75) is 62.9 Å². The summed E-state index contributed by atoms with van der Waals surface area (Å²) in [4.78, 5) is 49.2. The number of likely N-dealkylation sites (tertiary alicyclic amines) is 1. The number of piperazine rings is 2. The number of piperidine rings is 2. The van der Waals surface area contributed by atoms with Gasteiger partial charge in [0, 0.05) is 88.1 Å². The summed E-state index contributed by atoms with van der Waals surface area (Å²) in [5, 5.41) is 20.1. The summed E-state index contributed by atoms with van der Waals surface area (Å²) in [5.41, 5.74) is 14.6. The molecule has 2 bridgehead atoms. The number of para-hydroxylation sites is 1. The number of imide groups is 1. The van der Waals surface area contributed by atoms with Gasteiger partial charge in [-0.1, -0.05) is 30.3 Å². The molecule has 61 heavy (non-hydrogen) atoms. The number of aromatic nitrogens is 2. The normalized spacial score (nSPS) is 21.6. The maximum Gasteiger partial charge on any atom is 0.248 e. The van der Waals surface area contributed by atoms with E-state index in [1.807, 2.05) is 41.3 Å². The minimum Gasteiger partial charge on any atom is -0.507 e. The second kappa shape index (κ2) is 18.0. The molecule has 5 aliphatic rings. The molecule has 15 nitrogen and oxygen atoms in total. The Labute approximate surface area is 357 Å². The van der Waals surface area contributed by atoms with Gasteiger partial charge >= 0.3 is 0 Å². The number of hydrazine groups is 1. The molecule has 3 aromatic carbocycles. The van der Waals surface area contributed by atoms with Gasteiger partial charge in [-0.2, -0.15) is 5.01 Å². The van der Waals surface area contributed by atoms with Crippen molar-refractivity contribution in [1.82, 2.24) is 29.9 Å². The molecule has 5 aliphatic heterocycles. The quantitative estimate of drug-likeness (QED) is 0.171. The van der Waals surface area contributed by atoms with Crippen LogP contribution in [0.15, 0.2) is 78.9 Å². The number of ether oxygens (including phenoxy) is 1. The van der Waals surface area contributed by atoms with Crippen molar-refractivity contribution in [3.05, 3.63) is 84.4 Å². The van der Waals surface area contributed by atoms with Gasteiger partial charge in [-0.25, -0.2) is 0 Å². The maximum absolute atomic E-state index is 13.3. The van der Waals surface area contributed by atoms with Crippen molar-refractivity contribution in [2.24, 2.45) is 0 Å². The lowest BCUT2D eigenvalue weighted by molar-refractivity contribution is -0.146. The molecule has 6 heterocycles. The number of carbonyl (C=O) groups excluding carboxylic acids is 3. The van der Waals surface area contributed by atoms with E-state index in [1.54, 1.807) is 12.1 Å². The van der Waals surface area contributed by atoms with Gasteiger partial charge in [-0.05, 0) is 99.1 Å². The molecular formula is C46H56N10O5. The van der Waals surface area contributed by atoms with E-state index in [4.69, 9.17) is 10.5 Å². The van der Waals surface area contributed by atoms with Crippen molar-refractivity contribution in [1.29, 1.82) is 0 Å². The van der Waals surface area contributed by atoms with E-state index in [0.717, 1.165) is 107 Å². The van der Waals surface area contributed by atoms with Gasteiger partial charge < -0.3 is 30.3 Å². The van der Waals surface area contributed by atoms with Crippen LogP contribution < -0.4 is 25.7 Å². The van der Waals surface area contributed by atoms with Crippen LogP contribution in [0.25, 0.3) is 11.3 Å². The van der Waals surface area contributed by atoms with Crippen molar-refractivity contribution in [3.8, 4) is 22.8 Å². The van der Waals surface area contributed by atoms with Crippen LogP contribution in [0.3, 0.4) is 0 Å². The number of anilines is 4. The van der Waals surface area contributed by atoms with E-state index in [0.29, 0.717) is 67.5 Å². The van der Waals surface area contributed by atoms with Crippen LogP contribution >= 0.6 is 0 Å². The summed E-state index contributed by atoms with van der Waals surface area (Å²) >= 11 is 0. The number of aromatic hydroxyl groups is 1. The molecule has 1 aromatic heterocycles. The highest BCUT2D eigenvalue weighted by molar-refractivity contribution is 5.98. The van der Waals surface area contributed by atoms with Crippen LogP contribution in [-0.2, 0) is 14.4 Å². The molecule has 0 aliphatic carbocycles. The smallest absolute Gasteiger partial charge is 0.248 e. The summed E-state index contributed by atoms with van der Waals surface area (Å²) in [6.45, 7) is 8.36. The Morgan fingerprint density at radius 1 is 0.803 bits per heavy atom. The molecule has 4 aromatic rings. The lowest BCUT2D eigenvalue weighted by Crippen LogP contribution is -2.54. The average molecular weight is 829 g/mol. The summed E-state index contributed by atoms with van der Waals surface area (Å²) in [7, 11) is 0. The van der Waals surface area contributed by atoms with Gasteiger partial charge in [0.05, 0.1) is 23.6 Å². The van der Waals surface area contributed by atoms with Gasteiger partial charge in [0.15, 0.2) is 5.82 Å². The van der Waals surface area contributed by atoms with Gasteiger partial charge in [-0.15, -0.1) is 10.2 Å². The van der Waals surface area contributed by atoms with Crippen LogP contribution in [0.2, 0.25) is 0 Å². The first kappa shape index (κ1) is 40.5. The van der Waals surface area contributed by atoms with Crippen LogP contribution in [0.4, 0.5) is 22.9 Å². The van der Waals surface area contributed by atoms with Gasteiger partial charge in [0.1, 0.15) is 18.1 Å². The lowest BCUT2D eigenvalue weighted by Gasteiger charge is -2.43. The summed E-state index contributed by atoms with van der Waals surface area (Å²) in [5.74, 6) is 1.68. The molecule has 5 saturated heterocycles. The molecule has 0 radical (unpaired) electrons. The number of nitrogens with one attached hydrogen (secondary N) is 1. The van der Waals surface area contributed by atoms with Crippen LogP contribution in [0, 0.1) is 0 Å². The Bertz CT molecular complexity index is 2180. The Morgan fingerprint density at radius 3 is 2.25 bits per heavy atom. The average Bonchev–Trinajstić information content (AvgIpc) is 3.55. The maximum atomic E-state index is 13.3. The fraction of sp³-hybridized carbons (Fsp3) is 0.457. The number of rotatable bonds is 12. The largest absolute Gasteiger partial charge is 0.507 e. The Kier molecular flexibility index (Phi) is 11.9. The monoisotopic (exact) mass is 828 g/mol. The third-order valence-electron chi connectivity index (χ3n) is 13.2. The summed E-state index contributed by atoms with van der Waals surface area (Å²) in [6, 6.07) is 26.2. The van der Waals surface area contributed by atoms with E-state index in [1.165, 1.54) is 11.3 Å². The Balaban J connectivity index is 0.696. The number of carbonyl (C=O) groups is 3. The second-order valence-electron chi connectivity index (χ2n) is 17.0. The first-order valence-corrected chi connectivity index (χ1v) is 21.9. The van der Waals surface area contributed by atoms with E-state index in [9.17, 15) is 19.5 Å². The number of nitrogen functional groups attached to an aromatic ring is 1. The molecule has 15 heteroatoms. The molecule has 320 valence electrons. The van der Waals surface area contributed by atoms with Crippen molar-refractivity contribution < 1.29 is 24.2 Å². The van der Waals surface area contributed by atoms with E-state index >= 15 is 0 Å². The number of nitrogens with zero attached hydrogens (tertiary/aromatic N) is 8. The van der Waals surface area contributed by atoms with E-state index in [-0.39, 0.29) is 23.5 Å². The minimum absolute atomic E-state index is 0.166. The van der Waals surface area contributed by atoms with Gasteiger partial charge in [-0.3, -0.25) is 29.6 Å². The Morgan fingerprint density at radius 2 is 1.52 bits per heavy atom.